The number of nitrogens with zero attached hydrogens (tertiary/aromatic N) is 3. The zero-order valence-corrected chi connectivity index (χ0v) is 18.0. The number of aromatic amines is 1. The summed E-state index contributed by atoms with van der Waals surface area (Å²) in [6.07, 6.45) is 1.47. The minimum atomic E-state index is -0.580. The van der Waals surface area contributed by atoms with Gasteiger partial charge in [0.15, 0.2) is 18.1 Å². The molecule has 2 aromatic carbocycles. The normalized spacial score (nSPS) is 10.5. The number of anilines is 1. The maximum absolute atomic E-state index is 12.3. The number of benzene rings is 2. The molecule has 2 N–H and O–H groups in total. The van der Waals surface area contributed by atoms with E-state index in [-0.39, 0.29) is 30.4 Å². The summed E-state index contributed by atoms with van der Waals surface area (Å²) in [5, 5.41) is 13.4. The number of aromatic nitrogens is 2. The topological polar surface area (TPSA) is 139 Å². The first-order valence-electron chi connectivity index (χ1n) is 9.91. The zero-order chi connectivity index (χ0) is 23.6. The van der Waals surface area contributed by atoms with Gasteiger partial charge in [-0.2, -0.15) is 10.4 Å². The minimum absolute atomic E-state index is 0.0707. The van der Waals surface area contributed by atoms with Crippen LogP contribution < -0.4 is 20.5 Å². The Hall–Kier alpha value is -4.65. The van der Waals surface area contributed by atoms with Gasteiger partial charge in [0.05, 0.1) is 25.6 Å². The number of ether oxygens (including phenoxy) is 3. The van der Waals surface area contributed by atoms with Crippen LogP contribution in [0.25, 0.3) is 11.3 Å². The van der Waals surface area contributed by atoms with Gasteiger partial charge in [-0.15, -0.1) is 0 Å². The molecule has 0 amide bonds. The van der Waals surface area contributed by atoms with Crippen molar-refractivity contribution < 1.29 is 19.0 Å². The molecule has 0 radical (unpaired) electrons. The van der Waals surface area contributed by atoms with Crippen molar-refractivity contribution in [2.45, 2.75) is 6.92 Å². The first-order chi connectivity index (χ1) is 16.0. The summed E-state index contributed by atoms with van der Waals surface area (Å²) in [6, 6.07) is 15.8. The molecule has 10 heteroatoms. The lowest BCUT2D eigenvalue weighted by atomic mass is 10.1. The van der Waals surface area contributed by atoms with Crippen molar-refractivity contribution in [1.82, 2.24) is 9.97 Å². The second kappa shape index (κ2) is 11.1. The van der Waals surface area contributed by atoms with Crippen molar-refractivity contribution >= 4 is 18.1 Å². The molecular weight excluding hydrogens is 426 g/mol. The van der Waals surface area contributed by atoms with Gasteiger partial charge in [-0.3, -0.25) is 9.78 Å². The van der Waals surface area contributed by atoms with Gasteiger partial charge in [-0.05, 0) is 30.7 Å². The molecule has 0 saturated heterocycles. The molecule has 0 spiro atoms. The van der Waals surface area contributed by atoms with E-state index in [9.17, 15) is 14.9 Å². The smallest absolute Gasteiger partial charge is 0.344 e. The molecule has 0 fully saturated rings. The highest BCUT2D eigenvalue weighted by atomic mass is 16.6. The van der Waals surface area contributed by atoms with Gasteiger partial charge in [0.2, 0.25) is 5.95 Å². The third-order valence-corrected chi connectivity index (χ3v) is 4.30. The van der Waals surface area contributed by atoms with Crippen molar-refractivity contribution in [3.63, 3.8) is 0 Å². The second-order valence-electron chi connectivity index (χ2n) is 6.49. The standard InChI is InChI=1S/C23H21N5O5/c1-3-32-20(29)14-33-19-11-15(9-10-18(19)31-2)13-25-28-23-26-21(16-7-5-4-6-8-16)17(12-24)22(30)27-23/h4-11,13H,3,14H2,1-2H3,(H2,26,27,28,30). The molecule has 1 aromatic heterocycles. The van der Waals surface area contributed by atoms with Crippen molar-refractivity contribution in [2.75, 3.05) is 25.7 Å². The van der Waals surface area contributed by atoms with Crippen LogP contribution in [0.5, 0.6) is 11.5 Å². The fourth-order valence-corrected chi connectivity index (χ4v) is 2.83. The molecule has 0 aliphatic heterocycles. The number of hydrazone groups is 1. The summed E-state index contributed by atoms with van der Waals surface area (Å²) in [5.74, 6) is 0.354. The van der Waals surface area contributed by atoms with Crippen LogP contribution in [-0.4, -0.2) is 42.5 Å². The SMILES string of the molecule is CCOC(=O)COc1cc(C=NNc2nc(-c3ccccc3)c(C#N)c(=O)[nH]2)ccc1OC. The van der Waals surface area contributed by atoms with E-state index < -0.39 is 11.5 Å². The van der Waals surface area contributed by atoms with Crippen molar-refractivity contribution in [3.05, 3.63) is 70.0 Å². The number of nitriles is 1. The van der Waals surface area contributed by atoms with E-state index in [0.717, 1.165) is 0 Å². The quantitative estimate of drug-likeness (QED) is 0.290. The van der Waals surface area contributed by atoms with Gasteiger partial charge in [0.25, 0.3) is 5.56 Å². The van der Waals surface area contributed by atoms with E-state index in [0.29, 0.717) is 22.6 Å². The van der Waals surface area contributed by atoms with E-state index in [4.69, 9.17) is 14.2 Å². The average Bonchev–Trinajstić information content (AvgIpc) is 2.83. The van der Waals surface area contributed by atoms with Gasteiger partial charge >= 0.3 is 5.97 Å². The predicted molar refractivity (Wildman–Crippen MR) is 121 cm³/mol. The highest BCUT2D eigenvalue weighted by molar-refractivity contribution is 5.81. The fraction of sp³-hybridized carbons (Fsp3) is 0.174. The Morgan fingerprint density at radius 2 is 2.03 bits per heavy atom. The number of carbonyl (C=O) groups is 1. The van der Waals surface area contributed by atoms with E-state index >= 15 is 0 Å². The molecule has 3 aromatic rings. The minimum Gasteiger partial charge on any atom is -0.493 e. The van der Waals surface area contributed by atoms with Crippen LogP contribution in [-0.2, 0) is 9.53 Å². The number of hydrogen-bond donors (Lipinski definition) is 2. The lowest BCUT2D eigenvalue weighted by Gasteiger charge is -2.10. The lowest BCUT2D eigenvalue weighted by molar-refractivity contribution is -0.145. The maximum atomic E-state index is 12.3. The van der Waals surface area contributed by atoms with Gasteiger partial charge in [-0.1, -0.05) is 30.3 Å². The molecule has 0 unspecified atom stereocenters. The summed E-state index contributed by atoms with van der Waals surface area (Å²) >= 11 is 0. The number of methoxy groups -OCH3 is 1. The number of hydrogen-bond acceptors (Lipinski definition) is 9. The molecular formula is C23H21N5O5. The monoisotopic (exact) mass is 447 g/mol. The van der Waals surface area contributed by atoms with Gasteiger partial charge < -0.3 is 14.2 Å². The van der Waals surface area contributed by atoms with E-state index in [1.807, 2.05) is 12.1 Å². The average molecular weight is 447 g/mol. The Kier molecular flexibility index (Phi) is 7.75. The molecule has 1 heterocycles. The Morgan fingerprint density at radius 3 is 2.73 bits per heavy atom. The highest BCUT2D eigenvalue weighted by Gasteiger charge is 2.13. The van der Waals surface area contributed by atoms with Crippen LogP contribution in [0.3, 0.4) is 0 Å². The Bertz CT molecular complexity index is 1250. The third-order valence-electron chi connectivity index (χ3n) is 4.30. The molecule has 0 atom stereocenters. The van der Waals surface area contributed by atoms with Crippen LogP contribution in [0.15, 0.2) is 58.4 Å². The van der Waals surface area contributed by atoms with Crippen LogP contribution >= 0.6 is 0 Å². The number of H-pyrrole nitrogens is 1. The summed E-state index contributed by atoms with van der Waals surface area (Å²) in [5.41, 5.74) is 3.49. The Labute approximate surface area is 189 Å². The van der Waals surface area contributed by atoms with Crippen LogP contribution in [0, 0.1) is 11.3 Å². The van der Waals surface area contributed by atoms with Gasteiger partial charge in [-0.25, -0.2) is 15.2 Å². The van der Waals surface area contributed by atoms with Crippen LogP contribution in [0.4, 0.5) is 5.95 Å². The van der Waals surface area contributed by atoms with Crippen molar-refractivity contribution in [2.24, 2.45) is 5.10 Å². The zero-order valence-electron chi connectivity index (χ0n) is 18.0. The van der Waals surface area contributed by atoms with Gasteiger partial charge in [0, 0.05) is 5.56 Å². The Balaban J connectivity index is 1.79. The van der Waals surface area contributed by atoms with Gasteiger partial charge in [0.1, 0.15) is 11.6 Å². The molecule has 3 rings (SSSR count). The second-order valence-corrected chi connectivity index (χ2v) is 6.49. The van der Waals surface area contributed by atoms with E-state index in [1.54, 1.807) is 49.4 Å². The number of carbonyl (C=O) groups excluding carboxylic acids is 1. The molecule has 0 bridgehead atoms. The summed E-state index contributed by atoms with van der Waals surface area (Å²) in [4.78, 5) is 30.7. The highest BCUT2D eigenvalue weighted by Crippen LogP contribution is 2.27. The van der Waals surface area contributed by atoms with E-state index in [2.05, 4.69) is 20.5 Å². The number of rotatable bonds is 9. The number of nitrogens with one attached hydrogen (secondary N) is 2. The molecule has 0 saturated carbocycles. The molecule has 0 aliphatic carbocycles. The predicted octanol–water partition coefficient (Wildman–Crippen LogP) is 2.71. The van der Waals surface area contributed by atoms with Crippen LogP contribution in [0.2, 0.25) is 0 Å². The van der Waals surface area contributed by atoms with E-state index in [1.165, 1.54) is 13.3 Å². The summed E-state index contributed by atoms with van der Waals surface area (Å²) < 4.78 is 15.6. The van der Waals surface area contributed by atoms with Crippen molar-refractivity contribution in [3.8, 4) is 28.8 Å². The number of esters is 1. The molecule has 33 heavy (non-hydrogen) atoms. The maximum Gasteiger partial charge on any atom is 0.344 e. The van der Waals surface area contributed by atoms with Crippen LogP contribution in [0.1, 0.15) is 18.1 Å². The molecule has 0 aliphatic rings. The fourth-order valence-electron chi connectivity index (χ4n) is 2.83. The molecule has 168 valence electrons. The lowest BCUT2D eigenvalue weighted by Crippen LogP contribution is -2.16. The summed E-state index contributed by atoms with van der Waals surface area (Å²) in [6.45, 7) is 1.71. The third kappa shape index (κ3) is 5.95. The van der Waals surface area contributed by atoms with Crippen molar-refractivity contribution in [1.29, 1.82) is 5.26 Å². The summed E-state index contributed by atoms with van der Waals surface area (Å²) in [7, 11) is 1.49. The largest absolute Gasteiger partial charge is 0.493 e. The first-order valence-corrected chi connectivity index (χ1v) is 9.91. The molecule has 10 nitrogen and oxygen atoms in total. The first kappa shape index (κ1) is 23.0. The Morgan fingerprint density at radius 1 is 1.24 bits per heavy atom.